The average Bonchev–Trinajstić information content (AvgIpc) is 3.03. The number of carbonyl (C=O) groups excluding carboxylic acids is 3. The van der Waals surface area contributed by atoms with Gasteiger partial charge in [-0.1, -0.05) is 50.0 Å². The van der Waals surface area contributed by atoms with Crippen LogP contribution < -0.4 is 5.32 Å². The zero-order valence-corrected chi connectivity index (χ0v) is 16.1. The number of piperidine rings is 1. The number of nitrogens with one attached hydrogen (secondary N) is 1. The van der Waals surface area contributed by atoms with Crippen LogP contribution in [0.1, 0.15) is 79.3 Å². The fourth-order valence-corrected chi connectivity index (χ4v) is 4.61. The van der Waals surface area contributed by atoms with Crippen LogP contribution in [-0.4, -0.2) is 28.7 Å². The van der Waals surface area contributed by atoms with Gasteiger partial charge >= 0.3 is 0 Å². The number of hydrogen-bond donors (Lipinski definition) is 1. The Labute approximate surface area is 165 Å². The molecule has 0 radical (unpaired) electrons. The maximum atomic E-state index is 12.8. The first-order valence-corrected chi connectivity index (χ1v) is 10.4. The second kappa shape index (κ2) is 8.18. The van der Waals surface area contributed by atoms with Gasteiger partial charge in [-0.2, -0.15) is 0 Å². The minimum atomic E-state index is -0.579. The van der Waals surface area contributed by atoms with Crippen molar-refractivity contribution in [1.29, 1.82) is 0 Å². The van der Waals surface area contributed by atoms with Gasteiger partial charge in [-0.3, -0.25) is 19.7 Å². The lowest BCUT2D eigenvalue weighted by molar-refractivity contribution is -0.136. The second-order valence-corrected chi connectivity index (χ2v) is 8.08. The van der Waals surface area contributed by atoms with Crippen molar-refractivity contribution in [1.82, 2.24) is 10.2 Å². The Hall–Kier alpha value is -2.61. The van der Waals surface area contributed by atoms with Crippen molar-refractivity contribution in [3.63, 3.8) is 0 Å². The monoisotopic (exact) mass is 378 g/mol. The molecule has 0 aromatic heterocycles. The number of amides is 3. The zero-order valence-electron chi connectivity index (χ0n) is 16.1. The van der Waals surface area contributed by atoms with E-state index in [0.29, 0.717) is 18.5 Å². The van der Waals surface area contributed by atoms with Gasteiger partial charge in [0, 0.05) is 30.5 Å². The minimum absolute atomic E-state index is 0.143. The SMILES string of the molecule is O=C1CCC(N2Cc3c(C#CCCC4CCCCC4)cccc3C2=O)C(=O)N1. The van der Waals surface area contributed by atoms with Gasteiger partial charge in [-0.05, 0) is 36.5 Å². The van der Waals surface area contributed by atoms with Crippen LogP contribution >= 0.6 is 0 Å². The number of carbonyl (C=O) groups is 3. The molecule has 28 heavy (non-hydrogen) atoms. The summed E-state index contributed by atoms with van der Waals surface area (Å²) in [7, 11) is 0. The molecular formula is C23H26N2O3. The lowest BCUT2D eigenvalue weighted by Crippen LogP contribution is -2.52. The number of rotatable bonds is 3. The third-order valence-electron chi connectivity index (χ3n) is 6.21. The predicted molar refractivity (Wildman–Crippen MR) is 105 cm³/mol. The minimum Gasteiger partial charge on any atom is -0.322 e. The van der Waals surface area contributed by atoms with Crippen LogP contribution in [0.4, 0.5) is 0 Å². The molecule has 0 bridgehead atoms. The van der Waals surface area contributed by atoms with Crippen molar-refractivity contribution < 1.29 is 14.4 Å². The van der Waals surface area contributed by atoms with Gasteiger partial charge in [0.2, 0.25) is 11.8 Å². The summed E-state index contributed by atoms with van der Waals surface area (Å²) in [6.07, 6.45) is 9.43. The molecule has 1 aromatic carbocycles. The Bertz CT molecular complexity index is 858. The number of imide groups is 1. The first kappa shape index (κ1) is 18.7. The Morgan fingerprint density at radius 1 is 1.07 bits per heavy atom. The van der Waals surface area contributed by atoms with Gasteiger partial charge < -0.3 is 4.90 Å². The quantitative estimate of drug-likeness (QED) is 0.649. The normalized spacial score (nSPS) is 22.5. The molecule has 3 amide bonds. The molecule has 5 heteroatoms. The fraction of sp³-hybridized carbons (Fsp3) is 0.522. The largest absolute Gasteiger partial charge is 0.322 e. The second-order valence-electron chi connectivity index (χ2n) is 8.08. The highest BCUT2D eigenvalue weighted by Gasteiger charge is 2.39. The molecule has 2 heterocycles. The van der Waals surface area contributed by atoms with Crippen molar-refractivity contribution in [2.45, 2.75) is 70.4 Å². The molecule has 1 unspecified atom stereocenters. The molecular weight excluding hydrogens is 352 g/mol. The van der Waals surface area contributed by atoms with Gasteiger partial charge in [0.05, 0.1) is 0 Å². The maximum absolute atomic E-state index is 12.8. The van der Waals surface area contributed by atoms with Crippen LogP contribution in [0.2, 0.25) is 0 Å². The van der Waals surface area contributed by atoms with Crippen molar-refractivity contribution in [3.05, 3.63) is 34.9 Å². The third-order valence-corrected chi connectivity index (χ3v) is 6.21. The molecule has 1 aliphatic carbocycles. The predicted octanol–water partition coefficient (Wildman–Crippen LogP) is 3.16. The summed E-state index contributed by atoms with van der Waals surface area (Å²) in [5, 5.41) is 2.34. The molecule has 2 aliphatic heterocycles. The van der Waals surface area contributed by atoms with E-state index in [4.69, 9.17) is 0 Å². The Morgan fingerprint density at radius 2 is 1.89 bits per heavy atom. The number of hydrogen-bond acceptors (Lipinski definition) is 3. The fourth-order valence-electron chi connectivity index (χ4n) is 4.61. The third kappa shape index (κ3) is 3.82. The highest BCUT2D eigenvalue weighted by molar-refractivity contribution is 6.05. The first-order valence-electron chi connectivity index (χ1n) is 10.4. The number of fused-ring (bicyclic) bond motifs is 1. The highest BCUT2D eigenvalue weighted by atomic mass is 16.2. The zero-order chi connectivity index (χ0) is 19.5. The Morgan fingerprint density at radius 3 is 2.68 bits per heavy atom. The summed E-state index contributed by atoms with van der Waals surface area (Å²) in [5.41, 5.74) is 2.41. The van der Waals surface area contributed by atoms with Crippen LogP contribution in [0.25, 0.3) is 0 Å². The maximum Gasteiger partial charge on any atom is 0.255 e. The van der Waals surface area contributed by atoms with Crippen molar-refractivity contribution in [3.8, 4) is 11.8 Å². The van der Waals surface area contributed by atoms with E-state index in [1.807, 2.05) is 12.1 Å². The molecule has 4 rings (SSSR count). The molecule has 1 aromatic rings. The lowest BCUT2D eigenvalue weighted by Gasteiger charge is -2.29. The Kier molecular flexibility index (Phi) is 5.47. The van der Waals surface area contributed by atoms with Gasteiger partial charge in [-0.15, -0.1) is 0 Å². The van der Waals surface area contributed by atoms with E-state index in [2.05, 4.69) is 17.2 Å². The topological polar surface area (TPSA) is 66.5 Å². The van der Waals surface area contributed by atoms with E-state index < -0.39 is 6.04 Å². The molecule has 0 spiro atoms. The van der Waals surface area contributed by atoms with Crippen molar-refractivity contribution >= 4 is 17.7 Å². The molecule has 146 valence electrons. The van der Waals surface area contributed by atoms with E-state index in [-0.39, 0.29) is 24.1 Å². The van der Waals surface area contributed by atoms with Crippen molar-refractivity contribution in [2.75, 3.05) is 0 Å². The summed E-state index contributed by atoms with van der Waals surface area (Å²) in [6.45, 7) is 0.383. The van der Waals surface area contributed by atoms with Gasteiger partial charge in [0.15, 0.2) is 0 Å². The highest BCUT2D eigenvalue weighted by Crippen LogP contribution is 2.30. The molecule has 1 atom stereocenters. The molecule has 1 N–H and O–H groups in total. The van der Waals surface area contributed by atoms with Crippen LogP contribution in [0.5, 0.6) is 0 Å². The van der Waals surface area contributed by atoms with E-state index in [1.54, 1.807) is 11.0 Å². The lowest BCUT2D eigenvalue weighted by atomic mass is 9.86. The summed E-state index contributed by atoms with van der Waals surface area (Å²) >= 11 is 0. The van der Waals surface area contributed by atoms with Crippen LogP contribution in [0.15, 0.2) is 18.2 Å². The molecule has 3 aliphatic rings. The standard InChI is InChI=1S/C23H26N2O3/c26-21-14-13-20(22(27)24-21)25-15-19-17(11-6-12-18(19)23(25)28)10-5-4-9-16-7-2-1-3-8-16/h6,11-12,16,20H,1-4,7-9,13-15H2,(H,24,26,27). The van der Waals surface area contributed by atoms with Crippen molar-refractivity contribution in [2.24, 2.45) is 5.92 Å². The number of benzene rings is 1. The van der Waals surface area contributed by atoms with Gasteiger partial charge in [0.25, 0.3) is 5.91 Å². The van der Waals surface area contributed by atoms with Crippen LogP contribution in [-0.2, 0) is 16.1 Å². The van der Waals surface area contributed by atoms with Crippen LogP contribution in [0, 0.1) is 17.8 Å². The first-order chi connectivity index (χ1) is 13.6. The summed E-state index contributed by atoms with van der Waals surface area (Å²) < 4.78 is 0. The van der Waals surface area contributed by atoms with E-state index in [0.717, 1.165) is 29.9 Å². The van der Waals surface area contributed by atoms with E-state index in [9.17, 15) is 14.4 Å². The van der Waals surface area contributed by atoms with Crippen LogP contribution in [0.3, 0.4) is 0 Å². The molecule has 1 saturated heterocycles. The van der Waals surface area contributed by atoms with E-state index >= 15 is 0 Å². The molecule has 5 nitrogen and oxygen atoms in total. The van der Waals surface area contributed by atoms with E-state index in [1.165, 1.54) is 32.1 Å². The Balaban J connectivity index is 1.45. The summed E-state index contributed by atoms with van der Waals surface area (Å²) in [6, 6.07) is 5.03. The molecule has 1 saturated carbocycles. The molecule has 2 fully saturated rings. The van der Waals surface area contributed by atoms with Gasteiger partial charge in [0.1, 0.15) is 6.04 Å². The average molecular weight is 378 g/mol. The smallest absolute Gasteiger partial charge is 0.255 e. The summed E-state index contributed by atoms with van der Waals surface area (Å²) in [4.78, 5) is 38.0. The summed E-state index contributed by atoms with van der Waals surface area (Å²) in [5.74, 6) is 6.59. The number of nitrogens with zero attached hydrogens (tertiary/aromatic N) is 1. The van der Waals surface area contributed by atoms with Gasteiger partial charge in [-0.25, -0.2) is 0 Å².